The van der Waals surface area contributed by atoms with E-state index < -0.39 is 0 Å². The second-order valence-electron chi connectivity index (χ2n) is 6.59. The zero-order chi connectivity index (χ0) is 15.9. The molecule has 0 bridgehead atoms. The Hall–Kier alpha value is -0.510. The van der Waals surface area contributed by atoms with Crippen molar-refractivity contribution < 1.29 is 0 Å². The van der Waals surface area contributed by atoms with E-state index in [9.17, 15) is 0 Å². The summed E-state index contributed by atoms with van der Waals surface area (Å²) in [6, 6.07) is 6.82. The van der Waals surface area contributed by atoms with Crippen molar-refractivity contribution in [1.29, 1.82) is 0 Å². The third-order valence-electron chi connectivity index (χ3n) is 3.58. The topological polar surface area (TPSA) is 15.3 Å². The molecular formula is C18H32N2S. The highest BCUT2D eigenvalue weighted by Crippen LogP contribution is 2.24. The van der Waals surface area contributed by atoms with Gasteiger partial charge in [0.15, 0.2) is 0 Å². The first kappa shape index (κ1) is 18.5. The minimum Gasteiger partial charge on any atom is -0.308 e. The van der Waals surface area contributed by atoms with Crippen LogP contribution in [-0.2, 0) is 6.54 Å². The van der Waals surface area contributed by atoms with Gasteiger partial charge in [-0.15, -0.1) is 11.8 Å². The molecule has 0 amide bonds. The molecule has 0 atom stereocenters. The molecule has 1 aromatic rings. The smallest absolute Gasteiger partial charge is 0.0221 e. The Morgan fingerprint density at radius 2 is 1.81 bits per heavy atom. The van der Waals surface area contributed by atoms with Crippen LogP contribution in [0.25, 0.3) is 0 Å². The maximum atomic E-state index is 3.60. The van der Waals surface area contributed by atoms with Crippen LogP contribution in [0.15, 0.2) is 23.1 Å². The molecule has 0 radical (unpaired) electrons. The molecule has 21 heavy (non-hydrogen) atoms. The molecule has 0 spiro atoms. The first-order valence-corrected chi connectivity index (χ1v) is 9.04. The fourth-order valence-electron chi connectivity index (χ4n) is 2.17. The quantitative estimate of drug-likeness (QED) is 0.720. The van der Waals surface area contributed by atoms with Gasteiger partial charge in [-0.25, -0.2) is 0 Å². The molecule has 0 aliphatic heterocycles. The van der Waals surface area contributed by atoms with E-state index in [0.717, 1.165) is 31.9 Å². The summed E-state index contributed by atoms with van der Waals surface area (Å²) in [6.45, 7) is 17.7. The summed E-state index contributed by atoms with van der Waals surface area (Å²) in [5.41, 5.74) is 2.93. The Morgan fingerprint density at radius 3 is 2.38 bits per heavy atom. The first-order chi connectivity index (χ1) is 9.85. The van der Waals surface area contributed by atoms with Gasteiger partial charge in [0, 0.05) is 29.3 Å². The van der Waals surface area contributed by atoms with Crippen molar-refractivity contribution in [2.75, 3.05) is 25.4 Å². The molecule has 0 aliphatic rings. The van der Waals surface area contributed by atoms with Crippen LogP contribution >= 0.6 is 11.8 Å². The lowest BCUT2D eigenvalue weighted by Gasteiger charge is -2.22. The van der Waals surface area contributed by atoms with Gasteiger partial charge >= 0.3 is 0 Å². The Bertz CT molecular complexity index is 420. The van der Waals surface area contributed by atoms with Gasteiger partial charge in [-0.3, -0.25) is 0 Å². The maximum Gasteiger partial charge on any atom is 0.0221 e. The van der Waals surface area contributed by atoms with Crippen molar-refractivity contribution in [2.45, 2.75) is 58.5 Å². The molecule has 1 aromatic carbocycles. The van der Waals surface area contributed by atoms with E-state index >= 15 is 0 Å². The number of rotatable bonds is 8. The Morgan fingerprint density at radius 1 is 1.14 bits per heavy atom. The van der Waals surface area contributed by atoms with E-state index in [1.54, 1.807) is 0 Å². The van der Waals surface area contributed by atoms with Crippen molar-refractivity contribution in [3.05, 3.63) is 29.3 Å². The van der Waals surface area contributed by atoms with E-state index in [1.165, 1.54) is 16.0 Å². The lowest BCUT2D eigenvalue weighted by molar-refractivity contribution is 0.324. The second kappa shape index (κ2) is 8.82. The highest BCUT2D eigenvalue weighted by atomic mass is 32.2. The minimum atomic E-state index is 0.160. The number of benzene rings is 1. The molecule has 0 saturated heterocycles. The van der Waals surface area contributed by atoms with Crippen LogP contribution in [0.2, 0.25) is 0 Å². The van der Waals surface area contributed by atoms with Crippen molar-refractivity contribution in [2.24, 2.45) is 0 Å². The normalized spacial score (nSPS) is 12.1. The lowest BCUT2D eigenvalue weighted by atomic mass is 10.1. The maximum absolute atomic E-state index is 3.60. The minimum absolute atomic E-state index is 0.160. The Kier molecular flexibility index (Phi) is 7.78. The molecule has 0 aliphatic carbocycles. The molecule has 120 valence electrons. The molecule has 0 unspecified atom stereocenters. The van der Waals surface area contributed by atoms with Crippen LogP contribution in [-0.4, -0.2) is 35.8 Å². The van der Waals surface area contributed by atoms with Crippen LogP contribution < -0.4 is 5.32 Å². The molecule has 0 fully saturated rings. The number of nitrogens with zero attached hydrogens (tertiary/aromatic N) is 1. The molecular weight excluding hydrogens is 276 g/mol. The van der Waals surface area contributed by atoms with Gasteiger partial charge in [0.1, 0.15) is 0 Å². The van der Waals surface area contributed by atoms with Crippen molar-refractivity contribution in [1.82, 2.24) is 10.2 Å². The largest absolute Gasteiger partial charge is 0.308 e. The van der Waals surface area contributed by atoms with Gasteiger partial charge in [0.25, 0.3) is 0 Å². The van der Waals surface area contributed by atoms with Crippen molar-refractivity contribution >= 4 is 11.8 Å². The summed E-state index contributed by atoms with van der Waals surface area (Å²) in [5, 5.41) is 3.60. The summed E-state index contributed by atoms with van der Waals surface area (Å²) < 4.78 is 0. The van der Waals surface area contributed by atoms with Gasteiger partial charge in [-0.2, -0.15) is 0 Å². The third-order valence-corrected chi connectivity index (χ3v) is 4.68. The zero-order valence-electron chi connectivity index (χ0n) is 14.6. The molecule has 0 aromatic heterocycles. The van der Waals surface area contributed by atoms with Crippen LogP contribution in [0.3, 0.4) is 0 Å². The van der Waals surface area contributed by atoms with Crippen molar-refractivity contribution in [3.8, 4) is 0 Å². The van der Waals surface area contributed by atoms with Gasteiger partial charge in [0.2, 0.25) is 0 Å². The van der Waals surface area contributed by atoms with Crippen LogP contribution in [0.5, 0.6) is 0 Å². The molecule has 1 rings (SSSR count). The summed E-state index contributed by atoms with van der Waals surface area (Å²) in [4.78, 5) is 3.90. The SMILES string of the molecule is CCN(CC)CCSc1ccc(C)cc1CNC(C)(C)C. The molecule has 1 N–H and O–H groups in total. The number of nitrogens with one attached hydrogen (secondary N) is 1. The number of hydrogen-bond acceptors (Lipinski definition) is 3. The highest BCUT2D eigenvalue weighted by Gasteiger charge is 2.11. The average Bonchev–Trinajstić information content (AvgIpc) is 2.42. The van der Waals surface area contributed by atoms with Crippen LogP contribution in [0.1, 0.15) is 45.7 Å². The monoisotopic (exact) mass is 308 g/mol. The van der Waals surface area contributed by atoms with Gasteiger partial charge in [-0.1, -0.05) is 31.5 Å². The fraction of sp³-hybridized carbons (Fsp3) is 0.667. The highest BCUT2D eigenvalue weighted by molar-refractivity contribution is 7.99. The van der Waals surface area contributed by atoms with E-state index in [1.807, 2.05) is 11.8 Å². The predicted molar refractivity (Wildman–Crippen MR) is 96.3 cm³/mol. The summed E-state index contributed by atoms with van der Waals surface area (Å²) >= 11 is 1.98. The predicted octanol–water partition coefficient (Wildman–Crippen LogP) is 4.32. The van der Waals surface area contributed by atoms with Gasteiger partial charge in [0.05, 0.1) is 0 Å². The van der Waals surface area contributed by atoms with E-state index in [4.69, 9.17) is 0 Å². The number of thioether (sulfide) groups is 1. The van der Waals surface area contributed by atoms with Crippen molar-refractivity contribution in [3.63, 3.8) is 0 Å². The number of aryl methyl sites for hydroxylation is 1. The van der Waals surface area contributed by atoms with Gasteiger partial charge in [-0.05, 0) is 52.4 Å². The molecule has 2 nitrogen and oxygen atoms in total. The number of hydrogen-bond donors (Lipinski definition) is 1. The Balaban J connectivity index is 2.64. The summed E-state index contributed by atoms with van der Waals surface area (Å²) in [5.74, 6) is 1.16. The molecule has 3 heteroatoms. The standard InChI is InChI=1S/C18H32N2S/c1-7-20(8-2)11-12-21-17-10-9-15(3)13-16(17)14-19-18(4,5)6/h9-10,13,19H,7-8,11-12,14H2,1-6H3. The van der Waals surface area contributed by atoms with Crippen LogP contribution in [0.4, 0.5) is 0 Å². The van der Waals surface area contributed by atoms with E-state index in [-0.39, 0.29) is 5.54 Å². The van der Waals surface area contributed by atoms with Crippen LogP contribution in [0, 0.1) is 6.92 Å². The first-order valence-electron chi connectivity index (χ1n) is 8.05. The Labute approximate surface area is 135 Å². The average molecular weight is 309 g/mol. The second-order valence-corrected chi connectivity index (χ2v) is 7.73. The van der Waals surface area contributed by atoms with E-state index in [2.05, 4.69) is 70.0 Å². The van der Waals surface area contributed by atoms with E-state index in [0.29, 0.717) is 0 Å². The van der Waals surface area contributed by atoms with Gasteiger partial charge < -0.3 is 10.2 Å². The zero-order valence-corrected chi connectivity index (χ0v) is 15.4. The molecule has 0 saturated carbocycles. The fourth-order valence-corrected chi connectivity index (χ4v) is 3.22. The lowest BCUT2D eigenvalue weighted by Crippen LogP contribution is -2.35. The third kappa shape index (κ3) is 7.35. The summed E-state index contributed by atoms with van der Waals surface area (Å²) in [7, 11) is 0. The summed E-state index contributed by atoms with van der Waals surface area (Å²) in [6.07, 6.45) is 0. The molecule has 0 heterocycles.